The van der Waals surface area contributed by atoms with E-state index in [1.807, 2.05) is 0 Å². The van der Waals surface area contributed by atoms with Crippen molar-refractivity contribution in [3.05, 3.63) is 28.7 Å². The van der Waals surface area contributed by atoms with Gasteiger partial charge in [-0.15, -0.1) is 0 Å². The highest BCUT2D eigenvalue weighted by molar-refractivity contribution is 9.10. The molecule has 23 heavy (non-hydrogen) atoms. The maximum absolute atomic E-state index is 5.07. The second kappa shape index (κ2) is 9.78. The molecular formula is C17H27BrN4O. The molecule has 2 N–H and O–H groups in total. The van der Waals surface area contributed by atoms with Crippen molar-refractivity contribution in [2.24, 2.45) is 4.99 Å². The number of benzene rings is 1. The molecule has 1 fully saturated rings. The highest BCUT2D eigenvalue weighted by Gasteiger charge is 2.24. The molecule has 6 heteroatoms. The van der Waals surface area contributed by atoms with E-state index in [-0.39, 0.29) is 0 Å². The molecule has 1 unspecified atom stereocenters. The number of rotatable bonds is 7. The van der Waals surface area contributed by atoms with Crippen LogP contribution < -0.4 is 15.5 Å². The molecule has 0 radical (unpaired) electrons. The number of nitrogens with one attached hydrogen (secondary N) is 2. The van der Waals surface area contributed by atoms with Gasteiger partial charge in [-0.3, -0.25) is 4.99 Å². The van der Waals surface area contributed by atoms with Crippen LogP contribution in [0.5, 0.6) is 0 Å². The van der Waals surface area contributed by atoms with Crippen LogP contribution >= 0.6 is 15.9 Å². The maximum atomic E-state index is 5.07. The van der Waals surface area contributed by atoms with Gasteiger partial charge < -0.3 is 20.3 Å². The van der Waals surface area contributed by atoms with Crippen LogP contribution in [0.25, 0.3) is 0 Å². The number of guanidine groups is 1. The van der Waals surface area contributed by atoms with Crippen molar-refractivity contribution in [1.29, 1.82) is 0 Å². The Labute approximate surface area is 147 Å². The van der Waals surface area contributed by atoms with Gasteiger partial charge in [0.05, 0.1) is 5.69 Å². The van der Waals surface area contributed by atoms with Crippen LogP contribution in [-0.2, 0) is 4.74 Å². The number of methoxy groups -OCH3 is 1. The van der Waals surface area contributed by atoms with Crippen LogP contribution in [0.2, 0.25) is 0 Å². The molecule has 1 aliphatic heterocycles. The van der Waals surface area contributed by atoms with E-state index in [9.17, 15) is 0 Å². The minimum absolute atomic E-state index is 0.419. The van der Waals surface area contributed by atoms with Crippen molar-refractivity contribution in [3.63, 3.8) is 0 Å². The highest BCUT2D eigenvalue weighted by atomic mass is 79.9. The summed E-state index contributed by atoms with van der Waals surface area (Å²) in [5.74, 6) is 0.905. The van der Waals surface area contributed by atoms with Gasteiger partial charge in [0.2, 0.25) is 0 Å². The molecule has 0 aromatic heterocycles. The van der Waals surface area contributed by atoms with E-state index in [1.54, 1.807) is 7.11 Å². The van der Waals surface area contributed by atoms with Gasteiger partial charge in [-0.2, -0.15) is 0 Å². The molecule has 1 heterocycles. The van der Waals surface area contributed by atoms with Crippen LogP contribution in [0, 0.1) is 0 Å². The summed E-state index contributed by atoms with van der Waals surface area (Å²) in [4.78, 5) is 7.03. The van der Waals surface area contributed by atoms with E-state index < -0.39 is 0 Å². The smallest absolute Gasteiger partial charge is 0.191 e. The minimum Gasteiger partial charge on any atom is -0.385 e. The summed E-state index contributed by atoms with van der Waals surface area (Å²) in [7, 11) is 1.72. The number of anilines is 1. The molecule has 1 aromatic carbocycles. The second-order valence-electron chi connectivity index (χ2n) is 5.63. The number of aliphatic imine (C=N–C) groups is 1. The van der Waals surface area contributed by atoms with Crippen molar-refractivity contribution in [2.75, 3.05) is 44.8 Å². The Morgan fingerprint density at radius 3 is 3.00 bits per heavy atom. The van der Waals surface area contributed by atoms with E-state index in [1.165, 1.54) is 5.69 Å². The first-order valence-electron chi connectivity index (χ1n) is 8.27. The van der Waals surface area contributed by atoms with Gasteiger partial charge in [-0.25, -0.2) is 0 Å². The first kappa shape index (κ1) is 18.1. The van der Waals surface area contributed by atoms with Crippen LogP contribution in [-0.4, -0.2) is 51.9 Å². The lowest BCUT2D eigenvalue weighted by atomic mass is 10.3. The summed E-state index contributed by atoms with van der Waals surface area (Å²) in [5, 5.41) is 6.88. The monoisotopic (exact) mass is 382 g/mol. The largest absolute Gasteiger partial charge is 0.385 e. The summed E-state index contributed by atoms with van der Waals surface area (Å²) < 4.78 is 6.22. The normalized spacial score (nSPS) is 18.3. The van der Waals surface area contributed by atoms with Crippen LogP contribution in [0.4, 0.5) is 5.69 Å². The zero-order valence-corrected chi connectivity index (χ0v) is 15.6. The Balaban J connectivity index is 1.88. The summed E-state index contributed by atoms with van der Waals surface area (Å²) in [5.41, 5.74) is 1.26. The molecule has 0 amide bonds. The number of para-hydroxylation sites is 1. The van der Waals surface area contributed by atoms with Gasteiger partial charge in [0.25, 0.3) is 0 Å². The Kier molecular flexibility index (Phi) is 7.68. The Morgan fingerprint density at radius 1 is 1.43 bits per heavy atom. The highest BCUT2D eigenvalue weighted by Crippen LogP contribution is 2.28. The van der Waals surface area contributed by atoms with Crippen molar-refractivity contribution in [2.45, 2.75) is 25.8 Å². The van der Waals surface area contributed by atoms with E-state index in [4.69, 9.17) is 4.74 Å². The number of hydrogen-bond acceptors (Lipinski definition) is 3. The van der Waals surface area contributed by atoms with Gasteiger partial charge in [0.1, 0.15) is 0 Å². The van der Waals surface area contributed by atoms with Crippen molar-refractivity contribution in [1.82, 2.24) is 10.6 Å². The molecule has 0 spiro atoms. The molecule has 1 aliphatic rings. The summed E-state index contributed by atoms with van der Waals surface area (Å²) in [6, 6.07) is 8.81. The van der Waals surface area contributed by atoms with Crippen LogP contribution in [0.3, 0.4) is 0 Å². The summed E-state index contributed by atoms with van der Waals surface area (Å²) >= 11 is 3.64. The SMILES string of the molecule is CCNC(=NCCCOC)NC1CCN(c2ccccc2Br)C1. The predicted octanol–water partition coefficient (Wildman–Crippen LogP) is 2.62. The van der Waals surface area contributed by atoms with Gasteiger partial charge in [-0.1, -0.05) is 12.1 Å². The molecule has 5 nitrogen and oxygen atoms in total. The van der Waals surface area contributed by atoms with Crippen molar-refractivity contribution < 1.29 is 4.74 Å². The molecule has 1 aromatic rings. The first-order chi connectivity index (χ1) is 11.2. The van der Waals surface area contributed by atoms with Crippen molar-refractivity contribution >= 4 is 27.6 Å². The molecule has 1 atom stereocenters. The third-order valence-electron chi connectivity index (χ3n) is 3.84. The fourth-order valence-electron chi connectivity index (χ4n) is 2.72. The number of halogens is 1. The number of ether oxygens (including phenoxy) is 1. The lowest BCUT2D eigenvalue weighted by Crippen LogP contribution is -2.44. The molecule has 0 saturated carbocycles. The Morgan fingerprint density at radius 2 is 2.26 bits per heavy atom. The molecule has 0 aliphatic carbocycles. The van der Waals surface area contributed by atoms with Crippen LogP contribution in [0.1, 0.15) is 19.8 Å². The Hall–Kier alpha value is -1.27. The quantitative estimate of drug-likeness (QED) is 0.432. The van der Waals surface area contributed by atoms with Gasteiger partial charge in [0, 0.05) is 50.4 Å². The molecule has 128 valence electrons. The molecule has 2 rings (SSSR count). The maximum Gasteiger partial charge on any atom is 0.191 e. The zero-order valence-electron chi connectivity index (χ0n) is 14.0. The molecule has 1 saturated heterocycles. The average Bonchev–Trinajstić information content (AvgIpc) is 3.00. The standard InChI is InChI=1S/C17H27BrN4O/c1-3-19-17(20-10-6-12-23-2)21-14-9-11-22(13-14)16-8-5-4-7-15(16)18/h4-5,7-8,14H,3,6,9-13H2,1-2H3,(H2,19,20,21). The summed E-state index contributed by atoms with van der Waals surface area (Å²) in [6.45, 7) is 6.55. The zero-order chi connectivity index (χ0) is 16.5. The minimum atomic E-state index is 0.419. The topological polar surface area (TPSA) is 48.9 Å². The average molecular weight is 383 g/mol. The van der Waals surface area contributed by atoms with E-state index in [2.05, 4.69) is 67.6 Å². The van der Waals surface area contributed by atoms with Crippen LogP contribution in [0.15, 0.2) is 33.7 Å². The lowest BCUT2D eigenvalue weighted by molar-refractivity contribution is 0.197. The fraction of sp³-hybridized carbons (Fsp3) is 0.588. The van der Waals surface area contributed by atoms with E-state index in [0.29, 0.717) is 6.04 Å². The van der Waals surface area contributed by atoms with Gasteiger partial charge in [0.15, 0.2) is 5.96 Å². The van der Waals surface area contributed by atoms with Gasteiger partial charge >= 0.3 is 0 Å². The fourth-order valence-corrected chi connectivity index (χ4v) is 3.25. The van der Waals surface area contributed by atoms with Crippen molar-refractivity contribution in [3.8, 4) is 0 Å². The third kappa shape index (κ3) is 5.70. The van der Waals surface area contributed by atoms with E-state index in [0.717, 1.165) is 56.1 Å². The summed E-state index contributed by atoms with van der Waals surface area (Å²) in [6.07, 6.45) is 2.06. The van der Waals surface area contributed by atoms with Gasteiger partial charge in [-0.05, 0) is 47.8 Å². The second-order valence-corrected chi connectivity index (χ2v) is 6.49. The third-order valence-corrected chi connectivity index (χ3v) is 4.51. The predicted molar refractivity (Wildman–Crippen MR) is 100 cm³/mol. The number of nitrogens with zero attached hydrogens (tertiary/aromatic N) is 2. The molecule has 0 bridgehead atoms. The van der Waals surface area contributed by atoms with E-state index >= 15 is 0 Å². The first-order valence-corrected chi connectivity index (χ1v) is 9.07. The number of hydrogen-bond donors (Lipinski definition) is 2. The Bertz CT molecular complexity index is 509. The lowest BCUT2D eigenvalue weighted by Gasteiger charge is -2.21. The molecular weight excluding hydrogens is 356 g/mol.